The van der Waals surface area contributed by atoms with Crippen molar-refractivity contribution < 1.29 is 14.3 Å². The first-order chi connectivity index (χ1) is 9.26. The Bertz CT molecular complexity index is 448. The first-order valence-electron chi connectivity index (χ1n) is 6.63. The highest BCUT2D eigenvalue weighted by molar-refractivity contribution is 5.83. The van der Waals surface area contributed by atoms with Crippen molar-refractivity contribution in [3.05, 3.63) is 23.8 Å². The van der Waals surface area contributed by atoms with Crippen LogP contribution in [-0.2, 0) is 4.79 Å². The minimum Gasteiger partial charge on any atom is -0.454 e. The number of hydrogen-bond donors (Lipinski definition) is 2. The highest BCUT2D eigenvalue weighted by atomic mass is 16.7. The van der Waals surface area contributed by atoms with Gasteiger partial charge in [0.1, 0.15) is 0 Å². The molecule has 104 valence electrons. The molecular weight excluding hydrogens is 244 g/mol. The number of nitrogens with one attached hydrogen (secondary N) is 1. The number of hydrogen-bond acceptors (Lipinski definition) is 4. The maximum Gasteiger partial charge on any atom is 0.231 e. The van der Waals surface area contributed by atoms with Gasteiger partial charge in [0.25, 0.3) is 0 Å². The lowest BCUT2D eigenvalue weighted by Gasteiger charge is -2.16. The summed E-state index contributed by atoms with van der Waals surface area (Å²) in [5.41, 5.74) is 6.49. The molecule has 1 unspecified atom stereocenters. The van der Waals surface area contributed by atoms with Crippen molar-refractivity contribution in [2.45, 2.75) is 25.7 Å². The van der Waals surface area contributed by atoms with Crippen molar-refractivity contribution in [1.29, 1.82) is 0 Å². The van der Waals surface area contributed by atoms with Crippen LogP contribution in [0, 0.1) is 0 Å². The lowest BCUT2D eigenvalue weighted by Crippen LogP contribution is -2.29. The fourth-order valence-electron chi connectivity index (χ4n) is 2.20. The van der Waals surface area contributed by atoms with Gasteiger partial charge in [-0.15, -0.1) is 0 Å². The lowest BCUT2D eigenvalue weighted by molar-refractivity contribution is -0.122. The van der Waals surface area contributed by atoms with Crippen LogP contribution in [0.15, 0.2) is 18.2 Å². The van der Waals surface area contributed by atoms with Gasteiger partial charge in [-0.2, -0.15) is 0 Å². The van der Waals surface area contributed by atoms with Crippen molar-refractivity contribution in [2.75, 3.05) is 19.9 Å². The lowest BCUT2D eigenvalue weighted by atomic mass is 9.93. The van der Waals surface area contributed by atoms with Crippen LogP contribution in [0.25, 0.3) is 0 Å². The highest BCUT2D eigenvalue weighted by Crippen LogP contribution is 2.35. The third kappa shape index (κ3) is 3.17. The summed E-state index contributed by atoms with van der Waals surface area (Å²) in [6, 6.07) is 5.66. The molecule has 0 aliphatic carbocycles. The van der Waals surface area contributed by atoms with E-state index in [1.807, 2.05) is 25.1 Å². The molecule has 0 saturated heterocycles. The summed E-state index contributed by atoms with van der Waals surface area (Å²) < 4.78 is 10.6. The molecule has 2 rings (SSSR count). The zero-order chi connectivity index (χ0) is 13.7. The number of benzene rings is 1. The van der Waals surface area contributed by atoms with E-state index >= 15 is 0 Å². The maximum absolute atomic E-state index is 12.1. The number of fused-ring (bicyclic) bond motifs is 1. The van der Waals surface area contributed by atoms with Crippen LogP contribution >= 0.6 is 0 Å². The van der Waals surface area contributed by atoms with E-state index in [1.165, 1.54) is 0 Å². The Balaban J connectivity index is 2.19. The molecule has 5 nitrogen and oxygen atoms in total. The first kappa shape index (κ1) is 13.7. The molecule has 19 heavy (non-hydrogen) atoms. The number of carbonyl (C=O) groups is 1. The van der Waals surface area contributed by atoms with Gasteiger partial charge >= 0.3 is 0 Å². The second-order valence-corrected chi connectivity index (χ2v) is 4.49. The molecule has 3 N–H and O–H groups in total. The van der Waals surface area contributed by atoms with Crippen LogP contribution in [0.2, 0.25) is 0 Å². The van der Waals surface area contributed by atoms with Gasteiger partial charge < -0.3 is 20.5 Å². The van der Waals surface area contributed by atoms with Crippen LogP contribution in [0.3, 0.4) is 0 Å². The molecule has 1 aromatic rings. The van der Waals surface area contributed by atoms with Crippen molar-refractivity contribution in [2.24, 2.45) is 5.73 Å². The Kier molecular flexibility index (Phi) is 4.63. The number of ether oxygens (including phenoxy) is 2. The summed E-state index contributed by atoms with van der Waals surface area (Å²) in [6.45, 7) is 3.37. The molecule has 5 heteroatoms. The fourth-order valence-corrected chi connectivity index (χ4v) is 2.20. The maximum atomic E-state index is 12.1. The second kappa shape index (κ2) is 6.43. The van der Waals surface area contributed by atoms with Gasteiger partial charge in [0, 0.05) is 6.54 Å². The zero-order valence-corrected chi connectivity index (χ0v) is 11.1. The molecule has 0 fully saturated rings. The summed E-state index contributed by atoms with van der Waals surface area (Å²) in [7, 11) is 0. The van der Waals surface area contributed by atoms with Gasteiger partial charge in [0.05, 0.1) is 5.92 Å². The Morgan fingerprint density at radius 1 is 1.42 bits per heavy atom. The van der Waals surface area contributed by atoms with Crippen LogP contribution in [0.5, 0.6) is 11.5 Å². The predicted molar refractivity (Wildman–Crippen MR) is 72.3 cm³/mol. The van der Waals surface area contributed by atoms with Gasteiger partial charge in [0.2, 0.25) is 12.7 Å². The summed E-state index contributed by atoms with van der Waals surface area (Å²) in [6.07, 6.45) is 1.55. The van der Waals surface area contributed by atoms with Crippen molar-refractivity contribution in [3.8, 4) is 11.5 Å². The predicted octanol–water partition coefficient (Wildman–Crippen LogP) is 1.37. The third-order valence-electron chi connectivity index (χ3n) is 3.16. The van der Waals surface area contributed by atoms with E-state index in [9.17, 15) is 4.79 Å². The van der Waals surface area contributed by atoms with Crippen molar-refractivity contribution in [3.63, 3.8) is 0 Å². The van der Waals surface area contributed by atoms with E-state index in [0.29, 0.717) is 18.8 Å². The van der Waals surface area contributed by atoms with Crippen LogP contribution in [0.1, 0.15) is 31.2 Å². The molecule has 1 atom stereocenters. The standard InChI is InChI=1S/C14H20N2O3/c1-2-16-14(17)11(4-3-7-15)10-5-6-12-13(8-10)19-9-18-12/h5-6,8,11H,2-4,7,9,15H2,1H3,(H,16,17). The van der Waals surface area contributed by atoms with E-state index in [1.54, 1.807) is 0 Å². The average Bonchev–Trinajstić information content (AvgIpc) is 2.87. The Hall–Kier alpha value is -1.75. The molecular formula is C14H20N2O3. The number of amides is 1. The Morgan fingerprint density at radius 2 is 2.21 bits per heavy atom. The largest absolute Gasteiger partial charge is 0.454 e. The van der Waals surface area contributed by atoms with Gasteiger partial charge in [-0.05, 0) is 44.0 Å². The average molecular weight is 264 g/mol. The number of carbonyl (C=O) groups excluding carboxylic acids is 1. The molecule has 1 aromatic carbocycles. The molecule has 0 radical (unpaired) electrons. The van der Waals surface area contributed by atoms with E-state index in [2.05, 4.69) is 5.32 Å². The molecule has 1 amide bonds. The van der Waals surface area contributed by atoms with Gasteiger partial charge in [-0.3, -0.25) is 4.79 Å². The third-order valence-corrected chi connectivity index (χ3v) is 3.16. The summed E-state index contributed by atoms with van der Waals surface area (Å²) in [5, 5.41) is 2.87. The number of nitrogens with two attached hydrogens (primary N) is 1. The first-order valence-corrected chi connectivity index (χ1v) is 6.63. The van der Waals surface area contributed by atoms with E-state index in [0.717, 1.165) is 24.2 Å². The van der Waals surface area contributed by atoms with E-state index < -0.39 is 0 Å². The van der Waals surface area contributed by atoms with Crippen molar-refractivity contribution >= 4 is 5.91 Å². The molecule has 1 aliphatic heterocycles. The molecule has 1 heterocycles. The van der Waals surface area contributed by atoms with Crippen LogP contribution in [-0.4, -0.2) is 25.8 Å². The van der Waals surface area contributed by atoms with E-state index in [-0.39, 0.29) is 18.6 Å². The molecule has 0 spiro atoms. The monoisotopic (exact) mass is 264 g/mol. The molecule has 0 bridgehead atoms. The topological polar surface area (TPSA) is 73.6 Å². The summed E-state index contributed by atoms with van der Waals surface area (Å²) in [5.74, 6) is 1.30. The fraction of sp³-hybridized carbons (Fsp3) is 0.500. The normalized spacial score (nSPS) is 14.2. The van der Waals surface area contributed by atoms with Crippen LogP contribution in [0.4, 0.5) is 0 Å². The highest BCUT2D eigenvalue weighted by Gasteiger charge is 2.22. The minimum atomic E-state index is -0.182. The molecule has 0 saturated carbocycles. The quantitative estimate of drug-likeness (QED) is 0.814. The van der Waals surface area contributed by atoms with Crippen molar-refractivity contribution in [1.82, 2.24) is 5.32 Å². The smallest absolute Gasteiger partial charge is 0.231 e. The summed E-state index contributed by atoms with van der Waals surface area (Å²) >= 11 is 0. The number of likely N-dealkylation sites (N-methyl/N-ethyl adjacent to an activating group) is 1. The van der Waals surface area contributed by atoms with Gasteiger partial charge in [-0.25, -0.2) is 0 Å². The van der Waals surface area contributed by atoms with Gasteiger partial charge in [-0.1, -0.05) is 6.07 Å². The second-order valence-electron chi connectivity index (χ2n) is 4.49. The van der Waals surface area contributed by atoms with E-state index in [4.69, 9.17) is 15.2 Å². The Morgan fingerprint density at radius 3 is 2.95 bits per heavy atom. The molecule has 0 aromatic heterocycles. The SMILES string of the molecule is CCNC(=O)C(CCCN)c1ccc2c(c1)OCO2. The zero-order valence-electron chi connectivity index (χ0n) is 11.1. The Labute approximate surface area is 113 Å². The van der Waals surface area contributed by atoms with Crippen LogP contribution < -0.4 is 20.5 Å². The minimum absolute atomic E-state index is 0.0369. The summed E-state index contributed by atoms with van der Waals surface area (Å²) in [4.78, 5) is 12.1. The van der Waals surface area contributed by atoms with Gasteiger partial charge in [0.15, 0.2) is 11.5 Å². The molecule has 1 aliphatic rings. The number of rotatable bonds is 6.